The van der Waals surface area contributed by atoms with E-state index >= 15 is 0 Å². The van der Waals surface area contributed by atoms with Crippen molar-refractivity contribution in [2.45, 2.75) is 65.0 Å². The number of halogens is 1. The number of aromatic amines is 1. The van der Waals surface area contributed by atoms with E-state index in [0.717, 1.165) is 12.8 Å². The highest BCUT2D eigenvalue weighted by Gasteiger charge is 2.16. The number of nitrogens with zero attached hydrogens (tertiary/aromatic N) is 3. The highest BCUT2D eigenvalue weighted by molar-refractivity contribution is 7.71. The zero-order valence-corrected chi connectivity index (χ0v) is 21.0. The van der Waals surface area contributed by atoms with E-state index in [2.05, 4.69) is 20.8 Å². The number of fused-ring (bicyclic) bond motifs is 3. The van der Waals surface area contributed by atoms with Crippen LogP contribution in [0.3, 0.4) is 0 Å². The number of nitrogens with one attached hydrogen (secondary N) is 3. The second-order valence-corrected chi connectivity index (χ2v) is 9.61. The van der Waals surface area contributed by atoms with E-state index < -0.39 is 17.5 Å². The lowest BCUT2D eigenvalue weighted by molar-refractivity contribution is -0.121. The summed E-state index contributed by atoms with van der Waals surface area (Å²) in [5, 5.41) is 12.6. The van der Waals surface area contributed by atoms with Gasteiger partial charge in [0.05, 0.1) is 10.9 Å². The number of unbranched alkanes of at least 4 members (excludes halogenated alkanes) is 2. The number of hydrogen-bond acceptors (Lipinski definition) is 6. The van der Waals surface area contributed by atoms with E-state index in [-0.39, 0.29) is 23.4 Å². The lowest BCUT2D eigenvalue weighted by atomic mass is 10.2. The van der Waals surface area contributed by atoms with Crippen molar-refractivity contribution in [2.75, 3.05) is 13.1 Å². The Morgan fingerprint density at radius 2 is 1.89 bits per heavy atom. The quantitative estimate of drug-likeness (QED) is 0.286. The number of aromatic nitrogens is 4. The van der Waals surface area contributed by atoms with Crippen LogP contribution in [0.2, 0.25) is 0 Å². The number of carbonyl (C=O) groups excluding carboxylic acids is 2. The molecular formula is C23H31FN6O4S. The topological polar surface area (TPSA) is 123 Å². The van der Waals surface area contributed by atoms with Crippen molar-refractivity contribution >= 4 is 40.9 Å². The van der Waals surface area contributed by atoms with Crippen LogP contribution < -0.4 is 16.2 Å². The highest BCUT2D eigenvalue weighted by Crippen LogP contribution is 2.15. The number of alkyl carbamates (subject to hydrolysis) is 1. The molecule has 35 heavy (non-hydrogen) atoms. The standard InChI is InChI=1S/C23H31FN6O4S/c1-23(2,3)34-22(33)26-11-6-4-5-8-18(31)25-12-7-13-29-19(32)16-14-15(24)9-10-17(16)30-20(29)27-28-21(30)35/h9-10,14H,4-8,11-13H2,1-3H3,(H,25,31)(H,26,33)(H,28,35). The Bertz CT molecular complexity index is 1320. The van der Waals surface area contributed by atoms with Gasteiger partial charge < -0.3 is 15.4 Å². The molecule has 0 bridgehead atoms. The van der Waals surface area contributed by atoms with Crippen molar-refractivity contribution < 1.29 is 18.7 Å². The summed E-state index contributed by atoms with van der Waals surface area (Å²) in [5.74, 6) is -0.251. The molecule has 0 spiro atoms. The van der Waals surface area contributed by atoms with E-state index in [1.807, 2.05) is 0 Å². The Morgan fingerprint density at radius 3 is 2.63 bits per heavy atom. The molecule has 2 amide bonds. The van der Waals surface area contributed by atoms with Crippen LogP contribution in [0.25, 0.3) is 16.7 Å². The summed E-state index contributed by atoms with van der Waals surface area (Å²) in [6, 6.07) is 3.96. The first-order valence-corrected chi connectivity index (χ1v) is 12.0. The SMILES string of the molecule is CC(C)(C)OC(=O)NCCCCCC(=O)NCCCn1c(=O)c2cc(F)ccc2n2c(=S)[nH]nc12. The molecule has 3 N–H and O–H groups in total. The van der Waals surface area contributed by atoms with Crippen LogP contribution in [-0.4, -0.2) is 49.9 Å². The maximum absolute atomic E-state index is 13.8. The smallest absolute Gasteiger partial charge is 0.407 e. The van der Waals surface area contributed by atoms with Gasteiger partial charge in [-0.1, -0.05) is 6.42 Å². The fourth-order valence-corrected chi connectivity index (χ4v) is 3.87. The Labute approximate surface area is 206 Å². The van der Waals surface area contributed by atoms with Gasteiger partial charge in [0.25, 0.3) is 5.56 Å². The minimum absolute atomic E-state index is 0.0785. The summed E-state index contributed by atoms with van der Waals surface area (Å²) in [7, 11) is 0. The minimum Gasteiger partial charge on any atom is -0.444 e. The molecule has 10 nitrogen and oxygen atoms in total. The summed E-state index contributed by atoms with van der Waals surface area (Å²) in [4.78, 5) is 36.6. The molecule has 0 unspecified atom stereocenters. The predicted octanol–water partition coefficient (Wildman–Crippen LogP) is 3.44. The predicted molar refractivity (Wildman–Crippen MR) is 132 cm³/mol. The highest BCUT2D eigenvalue weighted by atomic mass is 32.1. The fourth-order valence-electron chi connectivity index (χ4n) is 3.64. The number of rotatable bonds is 10. The van der Waals surface area contributed by atoms with Crippen molar-refractivity contribution in [1.82, 2.24) is 29.8 Å². The van der Waals surface area contributed by atoms with Crippen molar-refractivity contribution in [3.8, 4) is 0 Å². The molecule has 0 fully saturated rings. The third-order valence-corrected chi connectivity index (χ3v) is 5.47. The monoisotopic (exact) mass is 506 g/mol. The van der Waals surface area contributed by atoms with Crippen molar-refractivity contribution in [1.29, 1.82) is 0 Å². The second-order valence-electron chi connectivity index (χ2n) is 9.23. The van der Waals surface area contributed by atoms with Gasteiger partial charge in [0.2, 0.25) is 16.5 Å². The number of carbonyl (C=O) groups is 2. The van der Waals surface area contributed by atoms with E-state index in [1.54, 1.807) is 25.2 Å². The van der Waals surface area contributed by atoms with Crippen LogP contribution in [0, 0.1) is 10.6 Å². The molecule has 1 aromatic carbocycles. The van der Waals surface area contributed by atoms with Gasteiger partial charge in [-0.25, -0.2) is 14.3 Å². The van der Waals surface area contributed by atoms with Gasteiger partial charge in [-0.15, -0.1) is 5.10 Å². The number of ether oxygens (including phenoxy) is 1. The minimum atomic E-state index is -0.528. The van der Waals surface area contributed by atoms with Gasteiger partial charge in [-0.2, -0.15) is 0 Å². The van der Waals surface area contributed by atoms with Crippen molar-refractivity contribution in [3.63, 3.8) is 0 Å². The first-order valence-electron chi connectivity index (χ1n) is 11.6. The van der Waals surface area contributed by atoms with Crippen LogP contribution in [0.15, 0.2) is 23.0 Å². The molecule has 0 atom stereocenters. The van der Waals surface area contributed by atoms with Crippen molar-refractivity contribution in [3.05, 3.63) is 39.1 Å². The molecular weight excluding hydrogens is 475 g/mol. The van der Waals surface area contributed by atoms with Gasteiger partial charge in [-0.3, -0.25) is 18.6 Å². The Morgan fingerprint density at radius 1 is 1.14 bits per heavy atom. The number of benzene rings is 1. The zero-order valence-electron chi connectivity index (χ0n) is 20.1. The third kappa shape index (κ3) is 7.10. The number of H-pyrrole nitrogens is 1. The fraction of sp³-hybridized carbons (Fsp3) is 0.522. The van der Waals surface area contributed by atoms with Crippen LogP contribution in [0.5, 0.6) is 0 Å². The molecule has 0 aliphatic carbocycles. The zero-order chi connectivity index (χ0) is 25.6. The lowest BCUT2D eigenvalue weighted by Gasteiger charge is -2.19. The first-order chi connectivity index (χ1) is 16.6. The normalized spacial score (nSPS) is 11.7. The van der Waals surface area contributed by atoms with Gasteiger partial charge in [-0.05, 0) is 70.5 Å². The average molecular weight is 507 g/mol. The van der Waals surface area contributed by atoms with Gasteiger partial charge in [0.1, 0.15) is 11.4 Å². The van der Waals surface area contributed by atoms with E-state index in [4.69, 9.17) is 17.0 Å². The molecule has 0 radical (unpaired) electrons. The summed E-state index contributed by atoms with van der Waals surface area (Å²) in [5.41, 5.74) is -0.414. The molecule has 2 heterocycles. The van der Waals surface area contributed by atoms with E-state index in [9.17, 15) is 18.8 Å². The molecule has 0 aliphatic heterocycles. The summed E-state index contributed by atoms with van der Waals surface area (Å²) >= 11 is 5.27. The van der Waals surface area contributed by atoms with Crippen LogP contribution >= 0.6 is 12.2 Å². The first kappa shape index (κ1) is 26.3. The van der Waals surface area contributed by atoms with Crippen LogP contribution in [0.1, 0.15) is 52.9 Å². The molecule has 0 aliphatic rings. The average Bonchev–Trinajstić information content (AvgIpc) is 3.15. The van der Waals surface area contributed by atoms with Crippen LogP contribution in [-0.2, 0) is 16.1 Å². The maximum Gasteiger partial charge on any atom is 0.407 e. The second kappa shape index (κ2) is 11.4. The number of hydrogen-bond donors (Lipinski definition) is 3. The van der Waals surface area contributed by atoms with Crippen LogP contribution in [0.4, 0.5) is 9.18 Å². The summed E-state index contributed by atoms with van der Waals surface area (Å²) in [6.07, 6.45) is 2.66. The molecule has 0 saturated heterocycles. The Balaban J connectivity index is 1.43. The number of amides is 2. The maximum atomic E-state index is 13.8. The van der Waals surface area contributed by atoms with Gasteiger partial charge in [0, 0.05) is 26.1 Å². The molecule has 190 valence electrons. The molecule has 2 aromatic heterocycles. The summed E-state index contributed by atoms with van der Waals surface area (Å²) in [6.45, 7) is 6.57. The largest absolute Gasteiger partial charge is 0.444 e. The molecule has 3 aromatic rings. The van der Waals surface area contributed by atoms with E-state index in [1.165, 1.54) is 22.8 Å². The van der Waals surface area contributed by atoms with E-state index in [0.29, 0.717) is 48.4 Å². The third-order valence-electron chi connectivity index (χ3n) is 5.20. The number of aryl methyl sites for hydroxylation is 1. The molecule has 3 rings (SSSR count). The Kier molecular flexibility index (Phi) is 8.60. The lowest BCUT2D eigenvalue weighted by Crippen LogP contribution is -2.33. The Hall–Kier alpha value is -3.28. The van der Waals surface area contributed by atoms with Crippen molar-refractivity contribution in [2.24, 2.45) is 0 Å². The summed E-state index contributed by atoms with van der Waals surface area (Å²) < 4.78 is 22.3. The van der Waals surface area contributed by atoms with Gasteiger partial charge >= 0.3 is 6.09 Å². The molecule has 0 saturated carbocycles. The van der Waals surface area contributed by atoms with Gasteiger partial charge in [0.15, 0.2) is 0 Å². The molecule has 12 heteroatoms.